The number of anilines is 1. The summed E-state index contributed by atoms with van der Waals surface area (Å²) in [5.74, 6) is 0.292. The van der Waals surface area contributed by atoms with Crippen LogP contribution in [0.3, 0.4) is 0 Å². The molecule has 17 heavy (non-hydrogen) atoms. The van der Waals surface area contributed by atoms with Gasteiger partial charge < -0.3 is 11.1 Å². The van der Waals surface area contributed by atoms with Gasteiger partial charge in [-0.2, -0.15) is 0 Å². The van der Waals surface area contributed by atoms with Gasteiger partial charge in [-0.05, 0) is 11.6 Å². The van der Waals surface area contributed by atoms with Crippen molar-refractivity contribution in [2.24, 2.45) is 0 Å². The van der Waals surface area contributed by atoms with Crippen LogP contribution in [-0.2, 0) is 13.1 Å². The Balaban J connectivity index is 1.88. The molecule has 0 atom stereocenters. The van der Waals surface area contributed by atoms with Gasteiger partial charge in [-0.25, -0.2) is 9.97 Å². The molecule has 0 aliphatic heterocycles. The first-order valence-electron chi connectivity index (χ1n) is 5.26. The Morgan fingerprint density at radius 3 is 2.53 bits per heavy atom. The van der Waals surface area contributed by atoms with Crippen molar-refractivity contribution in [3.63, 3.8) is 0 Å². The molecule has 2 aromatic rings. The second-order valence-electron chi connectivity index (χ2n) is 3.64. The van der Waals surface area contributed by atoms with E-state index in [4.69, 9.17) is 17.3 Å². The van der Waals surface area contributed by atoms with E-state index >= 15 is 0 Å². The predicted molar refractivity (Wildman–Crippen MR) is 68.4 cm³/mol. The van der Waals surface area contributed by atoms with Crippen molar-refractivity contribution in [3.8, 4) is 0 Å². The third kappa shape index (κ3) is 3.41. The van der Waals surface area contributed by atoms with E-state index in [2.05, 4.69) is 15.3 Å². The number of nitrogens with zero attached hydrogens (tertiary/aromatic N) is 2. The average Bonchev–Trinajstić information content (AvgIpc) is 2.34. The van der Waals surface area contributed by atoms with Gasteiger partial charge in [-0.3, -0.25) is 0 Å². The molecule has 0 fully saturated rings. The number of halogens is 1. The summed E-state index contributed by atoms with van der Waals surface area (Å²) in [7, 11) is 0. The van der Waals surface area contributed by atoms with Crippen LogP contribution in [0, 0.1) is 0 Å². The maximum Gasteiger partial charge on any atom is 0.219 e. The van der Waals surface area contributed by atoms with Crippen molar-refractivity contribution >= 4 is 17.5 Å². The summed E-state index contributed by atoms with van der Waals surface area (Å²) in [6.45, 7) is 1.40. The Morgan fingerprint density at radius 1 is 1.12 bits per heavy atom. The van der Waals surface area contributed by atoms with E-state index in [1.165, 1.54) is 0 Å². The van der Waals surface area contributed by atoms with Crippen molar-refractivity contribution in [1.82, 2.24) is 15.3 Å². The Labute approximate surface area is 105 Å². The summed E-state index contributed by atoms with van der Waals surface area (Å²) in [5, 5.41) is 4.04. The molecule has 0 aliphatic carbocycles. The number of rotatable bonds is 4. The van der Waals surface area contributed by atoms with Crippen LogP contribution in [0.5, 0.6) is 0 Å². The van der Waals surface area contributed by atoms with Gasteiger partial charge in [0.2, 0.25) is 5.95 Å². The lowest BCUT2D eigenvalue weighted by molar-refractivity contribution is 0.689. The Hall–Kier alpha value is -1.65. The fraction of sp³-hybridized carbons (Fsp3) is 0.167. The number of benzene rings is 1. The molecule has 0 radical (unpaired) electrons. The molecular weight excluding hydrogens is 236 g/mol. The molecule has 0 saturated heterocycles. The lowest BCUT2D eigenvalue weighted by Crippen LogP contribution is -2.13. The lowest BCUT2D eigenvalue weighted by atomic mass is 10.2. The minimum atomic E-state index is 0.292. The Morgan fingerprint density at radius 2 is 1.82 bits per heavy atom. The van der Waals surface area contributed by atoms with Crippen LogP contribution in [0.25, 0.3) is 0 Å². The fourth-order valence-electron chi connectivity index (χ4n) is 1.44. The average molecular weight is 249 g/mol. The van der Waals surface area contributed by atoms with E-state index < -0.39 is 0 Å². The number of nitrogens with two attached hydrogens (primary N) is 1. The topological polar surface area (TPSA) is 63.8 Å². The molecule has 3 N–H and O–H groups in total. The number of nitrogen functional groups attached to an aromatic ring is 1. The highest BCUT2D eigenvalue weighted by Gasteiger charge is 1.99. The molecule has 88 valence electrons. The summed E-state index contributed by atoms with van der Waals surface area (Å²) in [4.78, 5) is 7.85. The number of nitrogens with one attached hydrogen (secondary N) is 1. The summed E-state index contributed by atoms with van der Waals surface area (Å²) < 4.78 is 0. The number of hydrogen-bond donors (Lipinski definition) is 2. The lowest BCUT2D eigenvalue weighted by Gasteiger charge is -2.06. The monoisotopic (exact) mass is 248 g/mol. The summed E-state index contributed by atoms with van der Waals surface area (Å²) in [6, 6.07) is 7.76. The van der Waals surface area contributed by atoms with Gasteiger partial charge in [0, 0.05) is 36.1 Å². The van der Waals surface area contributed by atoms with E-state index in [1.807, 2.05) is 24.3 Å². The molecule has 0 saturated carbocycles. The van der Waals surface area contributed by atoms with Crippen molar-refractivity contribution in [1.29, 1.82) is 0 Å². The Kier molecular flexibility index (Phi) is 3.90. The molecule has 0 spiro atoms. The largest absolute Gasteiger partial charge is 0.368 e. The first-order chi connectivity index (χ1) is 8.25. The number of hydrogen-bond acceptors (Lipinski definition) is 4. The highest BCUT2D eigenvalue weighted by Crippen LogP contribution is 2.14. The zero-order valence-corrected chi connectivity index (χ0v) is 9.98. The van der Waals surface area contributed by atoms with Gasteiger partial charge in [-0.1, -0.05) is 29.8 Å². The molecule has 1 heterocycles. The molecule has 1 aromatic heterocycles. The van der Waals surface area contributed by atoms with E-state index in [-0.39, 0.29) is 0 Å². The second-order valence-corrected chi connectivity index (χ2v) is 4.05. The maximum absolute atomic E-state index is 6.05. The van der Waals surface area contributed by atoms with Crippen LogP contribution in [-0.4, -0.2) is 9.97 Å². The zero-order valence-electron chi connectivity index (χ0n) is 9.23. The molecule has 1 aromatic carbocycles. The quantitative estimate of drug-likeness (QED) is 0.869. The first-order valence-corrected chi connectivity index (χ1v) is 5.64. The standard InChI is InChI=1S/C12H13ClN4/c13-11-4-2-1-3-10(11)8-15-5-9-6-16-12(14)17-7-9/h1-4,6-7,15H,5,8H2,(H2,14,16,17). The van der Waals surface area contributed by atoms with Crippen molar-refractivity contribution in [2.75, 3.05) is 5.73 Å². The van der Waals surface area contributed by atoms with Crippen LogP contribution in [0.15, 0.2) is 36.7 Å². The predicted octanol–water partition coefficient (Wildman–Crippen LogP) is 2.00. The van der Waals surface area contributed by atoms with Gasteiger partial charge in [0.25, 0.3) is 0 Å². The van der Waals surface area contributed by atoms with Crippen molar-refractivity contribution < 1.29 is 0 Å². The van der Waals surface area contributed by atoms with Crippen LogP contribution in [0.1, 0.15) is 11.1 Å². The molecule has 4 nitrogen and oxygen atoms in total. The minimum Gasteiger partial charge on any atom is -0.368 e. The summed E-state index contributed by atoms with van der Waals surface area (Å²) >= 11 is 6.05. The molecule has 0 amide bonds. The molecule has 0 aliphatic rings. The second kappa shape index (κ2) is 5.61. The van der Waals surface area contributed by atoms with Gasteiger partial charge in [-0.15, -0.1) is 0 Å². The van der Waals surface area contributed by atoms with E-state index in [0.717, 1.165) is 16.1 Å². The van der Waals surface area contributed by atoms with Gasteiger partial charge in [0.15, 0.2) is 0 Å². The van der Waals surface area contributed by atoms with Crippen LogP contribution >= 0.6 is 11.6 Å². The summed E-state index contributed by atoms with van der Waals surface area (Å²) in [5.41, 5.74) is 7.47. The van der Waals surface area contributed by atoms with Gasteiger partial charge in [0.05, 0.1) is 0 Å². The van der Waals surface area contributed by atoms with E-state index in [1.54, 1.807) is 12.4 Å². The highest BCUT2D eigenvalue weighted by atomic mass is 35.5. The van der Waals surface area contributed by atoms with Gasteiger partial charge in [0.1, 0.15) is 0 Å². The first kappa shape index (κ1) is 11.8. The third-order valence-corrected chi connectivity index (χ3v) is 2.70. The fourth-order valence-corrected chi connectivity index (χ4v) is 1.64. The normalized spacial score (nSPS) is 10.4. The van der Waals surface area contributed by atoms with Crippen LogP contribution in [0.2, 0.25) is 5.02 Å². The zero-order chi connectivity index (χ0) is 12.1. The minimum absolute atomic E-state index is 0.292. The molecule has 2 rings (SSSR count). The Bertz CT molecular complexity index is 484. The summed E-state index contributed by atoms with van der Waals surface area (Å²) in [6.07, 6.45) is 3.42. The smallest absolute Gasteiger partial charge is 0.219 e. The molecular formula is C12H13ClN4. The SMILES string of the molecule is Nc1ncc(CNCc2ccccc2Cl)cn1. The molecule has 0 unspecified atom stereocenters. The maximum atomic E-state index is 6.05. The van der Waals surface area contributed by atoms with Crippen LogP contribution in [0.4, 0.5) is 5.95 Å². The van der Waals surface area contributed by atoms with E-state index in [9.17, 15) is 0 Å². The van der Waals surface area contributed by atoms with E-state index in [0.29, 0.717) is 19.0 Å². The number of aromatic nitrogens is 2. The molecule has 0 bridgehead atoms. The van der Waals surface area contributed by atoms with Crippen molar-refractivity contribution in [3.05, 3.63) is 52.8 Å². The molecule has 5 heteroatoms. The highest BCUT2D eigenvalue weighted by molar-refractivity contribution is 6.31. The van der Waals surface area contributed by atoms with Crippen molar-refractivity contribution in [2.45, 2.75) is 13.1 Å². The van der Waals surface area contributed by atoms with Gasteiger partial charge >= 0.3 is 0 Å². The van der Waals surface area contributed by atoms with Crippen LogP contribution < -0.4 is 11.1 Å². The third-order valence-electron chi connectivity index (χ3n) is 2.33.